The molecule has 1 rings (SSSR count). The summed E-state index contributed by atoms with van der Waals surface area (Å²) >= 11 is 0. The van der Waals surface area contributed by atoms with E-state index in [9.17, 15) is 4.79 Å². The summed E-state index contributed by atoms with van der Waals surface area (Å²) in [5, 5.41) is 0. The van der Waals surface area contributed by atoms with Crippen molar-refractivity contribution >= 4 is 5.91 Å². The molecule has 0 spiro atoms. The largest absolute Gasteiger partial charge is 0.342 e. The van der Waals surface area contributed by atoms with Crippen LogP contribution >= 0.6 is 0 Å². The first-order valence-electron chi connectivity index (χ1n) is 5.48. The Bertz CT molecular complexity index is 208. The first-order chi connectivity index (χ1) is 6.45. The van der Waals surface area contributed by atoms with Crippen LogP contribution in [0.2, 0.25) is 0 Å². The zero-order valence-electron chi connectivity index (χ0n) is 9.84. The van der Waals surface area contributed by atoms with Gasteiger partial charge in [0, 0.05) is 25.2 Å². The average molecular weight is 198 g/mol. The predicted molar refractivity (Wildman–Crippen MR) is 58.2 cm³/mol. The van der Waals surface area contributed by atoms with Crippen LogP contribution in [0.4, 0.5) is 0 Å². The van der Waals surface area contributed by atoms with Crippen LogP contribution in [0.25, 0.3) is 0 Å². The molecular weight excluding hydrogens is 176 g/mol. The van der Waals surface area contributed by atoms with Gasteiger partial charge in [-0.25, -0.2) is 0 Å². The highest BCUT2D eigenvalue weighted by molar-refractivity contribution is 5.78. The zero-order valence-corrected chi connectivity index (χ0v) is 9.84. The maximum absolute atomic E-state index is 11.8. The van der Waals surface area contributed by atoms with Gasteiger partial charge in [-0.3, -0.25) is 9.69 Å². The lowest BCUT2D eigenvalue weighted by atomic mass is 10.1. The van der Waals surface area contributed by atoms with Crippen molar-refractivity contribution in [3.63, 3.8) is 0 Å². The van der Waals surface area contributed by atoms with E-state index in [0.29, 0.717) is 6.54 Å². The Morgan fingerprint density at radius 1 is 1.29 bits per heavy atom. The predicted octanol–water partition coefficient (Wildman–Crippen LogP) is 1.34. The maximum atomic E-state index is 11.8. The molecule has 0 bridgehead atoms. The fourth-order valence-corrected chi connectivity index (χ4v) is 1.83. The second-order valence-corrected chi connectivity index (χ2v) is 4.92. The summed E-state index contributed by atoms with van der Waals surface area (Å²) in [6.07, 6.45) is 1.09. The molecule has 1 amide bonds. The van der Waals surface area contributed by atoms with Crippen LogP contribution in [0.15, 0.2) is 0 Å². The average Bonchev–Trinajstić information content (AvgIpc) is 2.25. The Kier molecular flexibility index (Phi) is 3.53. The minimum Gasteiger partial charge on any atom is -0.342 e. The second-order valence-electron chi connectivity index (χ2n) is 4.92. The standard InChI is InChI=1S/C11H22N2O/c1-5-12-7-6-8-13(9-10(12)14)11(2,3)4/h5-9H2,1-4H3. The Hall–Kier alpha value is -0.570. The lowest BCUT2D eigenvalue weighted by Crippen LogP contribution is -2.45. The van der Waals surface area contributed by atoms with Crippen molar-refractivity contribution < 1.29 is 4.79 Å². The van der Waals surface area contributed by atoms with Gasteiger partial charge in [0.15, 0.2) is 0 Å². The summed E-state index contributed by atoms with van der Waals surface area (Å²) in [4.78, 5) is 16.0. The quantitative estimate of drug-likeness (QED) is 0.635. The van der Waals surface area contributed by atoms with Gasteiger partial charge < -0.3 is 4.90 Å². The van der Waals surface area contributed by atoms with Crippen LogP contribution in [0.3, 0.4) is 0 Å². The van der Waals surface area contributed by atoms with E-state index >= 15 is 0 Å². The number of likely N-dealkylation sites (N-methyl/N-ethyl adjacent to an activating group) is 1. The third-order valence-electron chi connectivity index (χ3n) is 2.87. The minimum atomic E-state index is 0.111. The third-order valence-corrected chi connectivity index (χ3v) is 2.87. The molecule has 0 aromatic carbocycles. The summed E-state index contributed by atoms with van der Waals surface area (Å²) < 4.78 is 0. The van der Waals surface area contributed by atoms with E-state index in [0.717, 1.165) is 26.1 Å². The van der Waals surface area contributed by atoms with Crippen molar-refractivity contribution in [2.24, 2.45) is 0 Å². The van der Waals surface area contributed by atoms with E-state index in [4.69, 9.17) is 0 Å². The van der Waals surface area contributed by atoms with Crippen LogP contribution in [-0.4, -0.2) is 47.4 Å². The van der Waals surface area contributed by atoms with E-state index in [1.807, 2.05) is 11.8 Å². The Morgan fingerprint density at radius 2 is 1.93 bits per heavy atom. The smallest absolute Gasteiger partial charge is 0.236 e. The Balaban J connectivity index is 2.65. The molecule has 0 unspecified atom stereocenters. The van der Waals surface area contributed by atoms with Crippen LogP contribution in [-0.2, 0) is 4.79 Å². The maximum Gasteiger partial charge on any atom is 0.236 e. The molecule has 1 heterocycles. The summed E-state index contributed by atoms with van der Waals surface area (Å²) in [7, 11) is 0. The summed E-state index contributed by atoms with van der Waals surface area (Å²) in [6.45, 7) is 11.9. The van der Waals surface area contributed by atoms with Gasteiger partial charge in [0.2, 0.25) is 5.91 Å². The Labute approximate surface area is 87.1 Å². The highest BCUT2D eigenvalue weighted by Crippen LogP contribution is 2.16. The SMILES string of the molecule is CCN1CCCN(C(C)(C)C)CC1=O. The summed E-state index contributed by atoms with van der Waals surface area (Å²) in [5.74, 6) is 0.278. The van der Waals surface area contributed by atoms with Crippen molar-refractivity contribution in [3.05, 3.63) is 0 Å². The van der Waals surface area contributed by atoms with E-state index in [-0.39, 0.29) is 11.4 Å². The summed E-state index contributed by atoms with van der Waals surface area (Å²) in [5.41, 5.74) is 0.111. The van der Waals surface area contributed by atoms with Crippen molar-refractivity contribution in [1.82, 2.24) is 9.80 Å². The number of amides is 1. The lowest BCUT2D eigenvalue weighted by Gasteiger charge is -2.33. The first kappa shape index (κ1) is 11.5. The molecule has 0 aromatic rings. The normalized spacial score (nSPS) is 21.1. The lowest BCUT2D eigenvalue weighted by molar-refractivity contribution is -0.131. The molecule has 0 atom stereocenters. The monoisotopic (exact) mass is 198 g/mol. The molecule has 1 aliphatic rings. The number of nitrogens with zero attached hydrogens (tertiary/aromatic N) is 2. The third kappa shape index (κ3) is 2.71. The van der Waals surface area contributed by atoms with Gasteiger partial charge in [0.05, 0.1) is 6.54 Å². The number of hydrogen-bond acceptors (Lipinski definition) is 2. The molecule has 0 aliphatic carbocycles. The molecule has 1 aliphatic heterocycles. The molecule has 0 aromatic heterocycles. The zero-order chi connectivity index (χ0) is 10.8. The second kappa shape index (κ2) is 4.30. The molecule has 0 saturated carbocycles. The van der Waals surface area contributed by atoms with Gasteiger partial charge in [-0.2, -0.15) is 0 Å². The van der Waals surface area contributed by atoms with Gasteiger partial charge in [-0.1, -0.05) is 0 Å². The van der Waals surface area contributed by atoms with E-state index in [1.54, 1.807) is 0 Å². The van der Waals surface area contributed by atoms with Crippen molar-refractivity contribution in [2.45, 2.75) is 39.7 Å². The van der Waals surface area contributed by atoms with E-state index in [2.05, 4.69) is 25.7 Å². The van der Waals surface area contributed by atoms with Crippen LogP contribution < -0.4 is 0 Å². The number of carbonyl (C=O) groups excluding carboxylic acids is 1. The van der Waals surface area contributed by atoms with Crippen LogP contribution in [0.5, 0.6) is 0 Å². The van der Waals surface area contributed by atoms with Crippen LogP contribution in [0.1, 0.15) is 34.1 Å². The Morgan fingerprint density at radius 3 is 2.43 bits per heavy atom. The van der Waals surface area contributed by atoms with E-state index < -0.39 is 0 Å². The van der Waals surface area contributed by atoms with Gasteiger partial charge in [0.25, 0.3) is 0 Å². The number of rotatable bonds is 1. The van der Waals surface area contributed by atoms with Gasteiger partial charge >= 0.3 is 0 Å². The fourth-order valence-electron chi connectivity index (χ4n) is 1.83. The molecule has 82 valence electrons. The topological polar surface area (TPSA) is 23.6 Å². The van der Waals surface area contributed by atoms with Gasteiger partial charge in [-0.15, -0.1) is 0 Å². The molecule has 3 heteroatoms. The van der Waals surface area contributed by atoms with Crippen LogP contribution in [0, 0.1) is 0 Å². The molecule has 3 nitrogen and oxygen atoms in total. The molecule has 0 radical (unpaired) electrons. The minimum absolute atomic E-state index is 0.111. The molecule has 14 heavy (non-hydrogen) atoms. The van der Waals surface area contributed by atoms with Gasteiger partial charge in [0.1, 0.15) is 0 Å². The van der Waals surface area contributed by atoms with Crippen molar-refractivity contribution in [1.29, 1.82) is 0 Å². The molecule has 1 saturated heterocycles. The molecular formula is C11H22N2O. The molecule has 0 N–H and O–H groups in total. The fraction of sp³-hybridized carbons (Fsp3) is 0.909. The van der Waals surface area contributed by atoms with Crippen molar-refractivity contribution in [2.75, 3.05) is 26.2 Å². The molecule has 1 fully saturated rings. The highest BCUT2D eigenvalue weighted by atomic mass is 16.2. The van der Waals surface area contributed by atoms with E-state index in [1.165, 1.54) is 0 Å². The van der Waals surface area contributed by atoms with Gasteiger partial charge in [-0.05, 0) is 34.1 Å². The first-order valence-corrected chi connectivity index (χ1v) is 5.48. The number of hydrogen-bond donors (Lipinski definition) is 0. The highest BCUT2D eigenvalue weighted by Gasteiger charge is 2.27. The van der Waals surface area contributed by atoms with Crippen molar-refractivity contribution in [3.8, 4) is 0 Å². The summed E-state index contributed by atoms with van der Waals surface area (Å²) in [6, 6.07) is 0. The number of carbonyl (C=O) groups is 1.